The number of aliphatic imine (C=N–C) groups is 1. The van der Waals surface area contributed by atoms with E-state index >= 15 is 0 Å². The quantitative estimate of drug-likeness (QED) is 0.324. The second-order valence-corrected chi connectivity index (χ2v) is 3.58. The van der Waals surface area contributed by atoms with E-state index in [1.165, 1.54) is 6.07 Å². The Bertz CT molecular complexity index is 409. The third-order valence-corrected chi connectivity index (χ3v) is 2.12. The second kappa shape index (κ2) is 7.50. The highest BCUT2D eigenvalue weighted by Crippen LogP contribution is 2.20. The summed E-state index contributed by atoms with van der Waals surface area (Å²) >= 11 is 0. The minimum atomic E-state index is -0.422. The van der Waals surface area contributed by atoms with Gasteiger partial charge >= 0.3 is 0 Å². The molecular formula is C12H19FN4O. The van der Waals surface area contributed by atoms with E-state index in [0.29, 0.717) is 24.8 Å². The van der Waals surface area contributed by atoms with Crippen LogP contribution in [0.2, 0.25) is 0 Å². The van der Waals surface area contributed by atoms with Gasteiger partial charge < -0.3 is 10.1 Å². The second-order valence-electron chi connectivity index (χ2n) is 3.58. The molecule has 0 saturated heterocycles. The number of hydrogen-bond donors (Lipinski definition) is 3. The minimum absolute atomic E-state index is 0.232. The molecule has 4 N–H and O–H groups in total. The van der Waals surface area contributed by atoms with Crippen LogP contribution in [-0.2, 0) is 0 Å². The first-order valence-corrected chi connectivity index (χ1v) is 5.91. The Morgan fingerprint density at radius 2 is 2.22 bits per heavy atom. The van der Waals surface area contributed by atoms with Crippen molar-refractivity contribution < 1.29 is 9.13 Å². The number of nitrogens with two attached hydrogens (primary N) is 1. The Balaban J connectivity index is 2.75. The summed E-state index contributed by atoms with van der Waals surface area (Å²) in [5.74, 6) is 5.53. The number of nitrogens with zero attached hydrogens (tertiary/aromatic N) is 1. The molecule has 1 aromatic carbocycles. The number of halogens is 1. The van der Waals surface area contributed by atoms with E-state index in [9.17, 15) is 4.39 Å². The summed E-state index contributed by atoms with van der Waals surface area (Å²) in [5, 5.41) is 2.89. The molecule has 0 bridgehead atoms. The maximum absolute atomic E-state index is 13.6. The maximum atomic E-state index is 13.6. The van der Waals surface area contributed by atoms with Crippen LogP contribution in [0.3, 0.4) is 0 Å². The zero-order valence-corrected chi connectivity index (χ0v) is 10.7. The van der Waals surface area contributed by atoms with Gasteiger partial charge in [0.1, 0.15) is 0 Å². The lowest BCUT2D eigenvalue weighted by molar-refractivity contribution is 0.321. The molecule has 0 unspecified atom stereocenters. The molecule has 0 aliphatic rings. The third kappa shape index (κ3) is 4.21. The van der Waals surface area contributed by atoms with Gasteiger partial charge in [-0.05, 0) is 25.5 Å². The van der Waals surface area contributed by atoms with Crippen LogP contribution in [0.4, 0.5) is 10.1 Å². The van der Waals surface area contributed by atoms with Crippen molar-refractivity contribution in [3.63, 3.8) is 0 Å². The van der Waals surface area contributed by atoms with Crippen molar-refractivity contribution >= 4 is 11.6 Å². The van der Waals surface area contributed by atoms with Crippen LogP contribution in [0.5, 0.6) is 5.75 Å². The van der Waals surface area contributed by atoms with Gasteiger partial charge in [-0.25, -0.2) is 10.2 Å². The fourth-order valence-electron chi connectivity index (χ4n) is 1.33. The maximum Gasteiger partial charge on any atom is 0.210 e. The van der Waals surface area contributed by atoms with Crippen LogP contribution in [-0.4, -0.2) is 19.1 Å². The lowest BCUT2D eigenvalue weighted by Crippen LogP contribution is -2.36. The summed E-state index contributed by atoms with van der Waals surface area (Å²) < 4.78 is 18.7. The highest BCUT2D eigenvalue weighted by Gasteiger charge is 2.05. The Hall–Kier alpha value is -1.82. The molecule has 0 saturated carbocycles. The van der Waals surface area contributed by atoms with E-state index in [4.69, 9.17) is 10.6 Å². The number of hydrazine groups is 1. The van der Waals surface area contributed by atoms with Crippen LogP contribution < -0.4 is 21.3 Å². The number of ether oxygens (including phenoxy) is 1. The van der Waals surface area contributed by atoms with E-state index < -0.39 is 5.82 Å². The topological polar surface area (TPSA) is 71.7 Å². The third-order valence-electron chi connectivity index (χ3n) is 2.12. The van der Waals surface area contributed by atoms with Gasteiger partial charge in [0.2, 0.25) is 5.96 Å². The van der Waals surface area contributed by atoms with Crippen molar-refractivity contribution in [2.45, 2.75) is 20.3 Å². The number of nitrogens with one attached hydrogen (secondary N) is 2. The van der Waals surface area contributed by atoms with E-state index in [-0.39, 0.29) is 5.75 Å². The Morgan fingerprint density at radius 1 is 1.44 bits per heavy atom. The van der Waals surface area contributed by atoms with Gasteiger partial charge in [0.25, 0.3) is 0 Å². The summed E-state index contributed by atoms with van der Waals surface area (Å²) in [6.45, 7) is 4.89. The smallest absolute Gasteiger partial charge is 0.210 e. The summed E-state index contributed by atoms with van der Waals surface area (Å²) in [4.78, 5) is 4.16. The summed E-state index contributed by atoms with van der Waals surface area (Å²) in [7, 11) is 0. The van der Waals surface area contributed by atoms with E-state index in [1.54, 1.807) is 19.1 Å². The van der Waals surface area contributed by atoms with Gasteiger partial charge in [0.05, 0.1) is 6.61 Å². The SMILES string of the molecule is CCCN=C(NN)Nc1ccc(OCC)c(F)c1. The number of hydrogen-bond acceptors (Lipinski definition) is 3. The van der Waals surface area contributed by atoms with Gasteiger partial charge in [-0.15, -0.1) is 0 Å². The van der Waals surface area contributed by atoms with Gasteiger partial charge in [0, 0.05) is 18.3 Å². The van der Waals surface area contributed by atoms with Crippen LogP contribution in [0.15, 0.2) is 23.2 Å². The van der Waals surface area contributed by atoms with Crippen molar-refractivity contribution in [1.29, 1.82) is 0 Å². The number of rotatable bonds is 5. The first-order valence-electron chi connectivity index (χ1n) is 5.91. The molecule has 1 aromatic rings. The fourth-order valence-corrected chi connectivity index (χ4v) is 1.33. The first kappa shape index (κ1) is 14.2. The van der Waals surface area contributed by atoms with Crippen LogP contribution in [0.1, 0.15) is 20.3 Å². The molecule has 6 heteroatoms. The molecule has 100 valence electrons. The van der Waals surface area contributed by atoms with Crippen LogP contribution in [0, 0.1) is 5.82 Å². The van der Waals surface area contributed by atoms with Gasteiger partial charge in [-0.1, -0.05) is 6.92 Å². The van der Waals surface area contributed by atoms with E-state index in [1.807, 2.05) is 6.92 Å². The average molecular weight is 254 g/mol. The van der Waals surface area contributed by atoms with Crippen molar-refractivity contribution in [2.24, 2.45) is 10.8 Å². The molecule has 18 heavy (non-hydrogen) atoms. The highest BCUT2D eigenvalue weighted by molar-refractivity contribution is 5.93. The molecule has 0 spiro atoms. The fraction of sp³-hybridized carbons (Fsp3) is 0.417. The van der Waals surface area contributed by atoms with E-state index in [0.717, 1.165) is 6.42 Å². The van der Waals surface area contributed by atoms with Crippen molar-refractivity contribution in [3.05, 3.63) is 24.0 Å². The van der Waals surface area contributed by atoms with Crippen molar-refractivity contribution in [2.75, 3.05) is 18.5 Å². The predicted octanol–water partition coefficient (Wildman–Crippen LogP) is 1.87. The Kier molecular flexibility index (Phi) is 5.93. The van der Waals surface area contributed by atoms with Gasteiger partial charge in [-0.3, -0.25) is 10.4 Å². The molecule has 0 amide bonds. The Morgan fingerprint density at radius 3 is 2.78 bits per heavy atom. The molecule has 0 aliphatic carbocycles. The number of guanidine groups is 1. The molecule has 0 fully saturated rings. The van der Waals surface area contributed by atoms with E-state index in [2.05, 4.69) is 15.7 Å². The molecule has 5 nitrogen and oxygen atoms in total. The first-order chi connectivity index (χ1) is 8.71. The zero-order valence-electron chi connectivity index (χ0n) is 10.7. The monoisotopic (exact) mass is 254 g/mol. The number of anilines is 1. The molecule has 1 rings (SSSR count). The normalized spacial score (nSPS) is 11.2. The summed E-state index contributed by atoms with van der Waals surface area (Å²) in [6.07, 6.45) is 0.907. The molecule has 0 aromatic heterocycles. The van der Waals surface area contributed by atoms with Gasteiger partial charge in [0.15, 0.2) is 11.6 Å². The van der Waals surface area contributed by atoms with Crippen LogP contribution in [0.25, 0.3) is 0 Å². The lowest BCUT2D eigenvalue weighted by atomic mass is 10.3. The average Bonchev–Trinajstić information content (AvgIpc) is 2.37. The number of benzene rings is 1. The van der Waals surface area contributed by atoms with Crippen molar-refractivity contribution in [3.8, 4) is 5.75 Å². The predicted molar refractivity (Wildman–Crippen MR) is 71.1 cm³/mol. The zero-order chi connectivity index (χ0) is 13.4. The largest absolute Gasteiger partial charge is 0.491 e. The lowest BCUT2D eigenvalue weighted by Gasteiger charge is -2.10. The minimum Gasteiger partial charge on any atom is -0.491 e. The Labute approximate surface area is 106 Å². The summed E-state index contributed by atoms with van der Waals surface area (Å²) in [6, 6.07) is 4.60. The van der Waals surface area contributed by atoms with Gasteiger partial charge in [-0.2, -0.15) is 0 Å². The molecule has 0 atom stereocenters. The molecule has 0 radical (unpaired) electrons. The molecule has 0 heterocycles. The summed E-state index contributed by atoms with van der Waals surface area (Å²) in [5.41, 5.74) is 2.99. The van der Waals surface area contributed by atoms with Crippen LogP contribution >= 0.6 is 0 Å². The highest BCUT2D eigenvalue weighted by atomic mass is 19.1. The molecular weight excluding hydrogens is 235 g/mol. The standard InChI is InChI=1S/C12H19FN4O/c1-3-7-15-12(17-14)16-9-5-6-11(18-4-2)10(13)8-9/h5-6,8H,3-4,7,14H2,1-2H3,(H2,15,16,17). The van der Waals surface area contributed by atoms with Crippen molar-refractivity contribution in [1.82, 2.24) is 5.43 Å². The molecule has 0 aliphatic heterocycles.